The summed E-state index contributed by atoms with van der Waals surface area (Å²) in [6, 6.07) is 1.83. The third kappa shape index (κ3) is 2.73. The van der Waals surface area contributed by atoms with Gasteiger partial charge in [-0.05, 0) is 13.0 Å². The fourth-order valence-electron chi connectivity index (χ4n) is 1.12. The Bertz CT molecular complexity index is 434. The zero-order valence-electron chi connectivity index (χ0n) is 7.79. The molecule has 0 fully saturated rings. The van der Waals surface area contributed by atoms with E-state index in [0.717, 1.165) is 12.1 Å². The molecule has 6 heteroatoms. The number of nitrogens with zero attached hydrogens (tertiary/aromatic N) is 1. The topological polar surface area (TPSA) is 60.2 Å². The van der Waals surface area contributed by atoms with Crippen LogP contribution in [0.3, 0.4) is 0 Å². The number of carbonyl (C=O) groups excluding carboxylic acids is 1. The highest BCUT2D eigenvalue weighted by molar-refractivity contribution is 6.32. The molecule has 0 spiro atoms. The lowest BCUT2D eigenvalue weighted by Crippen LogP contribution is -2.01. The van der Waals surface area contributed by atoms with Gasteiger partial charge in [-0.25, -0.2) is 4.39 Å². The number of nitro groups is 1. The highest BCUT2D eigenvalue weighted by Crippen LogP contribution is 2.27. The van der Waals surface area contributed by atoms with Crippen LogP contribution in [0.25, 0.3) is 0 Å². The third-order valence-corrected chi connectivity index (χ3v) is 2.05. The fraction of sp³-hybridized carbons (Fsp3) is 0.222. The number of rotatable bonds is 3. The van der Waals surface area contributed by atoms with E-state index in [0.29, 0.717) is 0 Å². The Balaban J connectivity index is 3.23. The van der Waals surface area contributed by atoms with Gasteiger partial charge >= 0.3 is 0 Å². The summed E-state index contributed by atoms with van der Waals surface area (Å²) < 4.78 is 13.2. The standard InChI is InChI=1S/C9H7ClFNO3/c1-5(13)2-6-3-9(12(14)15)7(10)4-8(6)11/h3-4H,2H2,1H3. The van der Waals surface area contributed by atoms with Crippen molar-refractivity contribution in [1.82, 2.24) is 0 Å². The van der Waals surface area contributed by atoms with Crippen LogP contribution >= 0.6 is 11.6 Å². The van der Waals surface area contributed by atoms with Crippen LogP contribution in [0.5, 0.6) is 0 Å². The Morgan fingerprint density at radius 3 is 2.67 bits per heavy atom. The van der Waals surface area contributed by atoms with Gasteiger partial charge < -0.3 is 0 Å². The summed E-state index contributed by atoms with van der Waals surface area (Å²) in [6.45, 7) is 1.28. The molecule has 0 aliphatic heterocycles. The molecule has 0 saturated heterocycles. The highest BCUT2D eigenvalue weighted by atomic mass is 35.5. The van der Waals surface area contributed by atoms with Crippen LogP contribution in [0.1, 0.15) is 12.5 Å². The SMILES string of the molecule is CC(=O)Cc1cc([N+](=O)[O-])c(Cl)cc1F. The lowest BCUT2D eigenvalue weighted by molar-refractivity contribution is -0.384. The molecule has 0 N–H and O–H groups in total. The number of hydrogen-bond acceptors (Lipinski definition) is 3. The fourth-order valence-corrected chi connectivity index (χ4v) is 1.34. The number of nitro benzene ring substituents is 1. The van der Waals surface area contributed by atoms with Gasteiger partial charge in [0.2, 0.25) is 0 Å². The zero-order valence-corrected chi connectivity index (χ0v) is 8.55. The van der Waals surface area contributed by atoms with Crippen LogP contribution in [-0.4, -0.2) is 10.7 Å². The van der Waals surface area contributed by atoms with Gasteiger partial charge in [0, 0.05) is 18.1 Å². The summed E-state index contributed by atoms with van der Waals surface area (Å²) in [6.07, 6.45) is -0.177. The smallest absolute Gasteiger partial charge is 0.288 e. The van der Waals surface area contributed by atoms with Gasteiger partial charge in [0.1, 0.15) is 16.6 Å². The number of Topliss-reactive ketones (excluding diaryl/α,β-unsaturated/α-hetero) is 1. The van der Waals surface area contributed by atoms with E-state index in [-0.39, 0.29) is 22.8 Å². The lowest BCUT2D eigenvalue weighted by atomic mass is 10.1. The van der Waals surface area contributed by atoms with E-state index < -0.39 is 16.4 Å². The predicted octanol–water partition coefficient (Wildman–Crippen LogP) is 2.52. The first-order valence-corrected chi connectivity index (χ1v) is 4.41. The number of halogens is 2. The predicted molar refractivity (Wildman–Crippen MR) is 52.4 cm³/mol. The molecule has 80 valence electrons. The molecule has 4 nitrogen and oxygen atoms in total. The summed E-state index contributed by atoms with van der Waals surface area (Å²) in [5.41, 5.74) is -0.409. The minimum absolute atomic E-state index is 0.0152. The number of benzene rings is 1. The second kappa shape index (κ2) is 4.35. The van der Waals surface area contributed by atoms with E-state index in [4.69, 9.17) is 11.6 Å². The second-order valence-corrected chi connectivity index (χ2v) is 3.44. The monoisotopic (exact) mass is 231 g/mol. The van der Waals surface area contributed by atoms with Gasteiger partial charge in [0.15, 0.2) is 0 Å². The van der Waals surface area contributed by atoms with Gasteiger partial charge in [-0.3, -0.25) is 14.9 Å². The maximum absolute atomic E-state index is 13.2. The van der Waals surface area contributed by atoms with Crippen LogP contribution in [0, 0.1) is 15.9 Å². The van der Waals surface area contributed by atoms with Crippen LogP contribution < -0.4 is 0 Å². The second-order valence-electron chi connectivity index (χ2n) is 3.03. The highest BCUT2D eigenvalue weighted by Gasteiger charge is 2.17. The van der Waals surface area contributed by atoms with E-state index >= 15 is 0 Å². The minimum Gasteiger partial charge on any atom is -0.300 e. The van der Waals surface area contributed by atoms with E-state index in [1.807, 2.05) is 0 Å². The van der Waals surface area contributed by atoms with Crippen molar-refractivity contribution in [3.8, 4) is 0 Å². The molecule has 0 atom stereocenters. The van der Waals surface area contributed by atoms with Crippen molar-refractivity contribution in [3.63, 3.8) is 0 Å². The summed E-state index contributed by atoms with van der Waals surface area (Å²) >= 11 is 5.47. The first kappa shape index (κ1) is 11.6. The van der Waals surface area contributed by atoms with Crippen molar-refractivity contribution in [1.29, 1.82) is 0 Å². The molecule has 1 aromatic rings. The molecule has 0 heterocycles. The maximum atomic E-state index is 13.2. The minimum atomic E-state index is -0.717. The van der Waals surface area contributed by atoms with Crippen molar-refractivity contribution in [3.05, 3.63) is 38.7 Å². The van der Waals surface area contributed by atoms with Crippen LogP contribution in [-0.2, 0) is 11.2 Å². The Morgan fingerprint density at radius 2 is 2.20 bits per heavy atom. The van der Waals surface area contributed by atoms with Gasteiger partial charge in [0.25, 0.3) is 5.69 Å². The van der Waals surface area contributed by atoms with Gasteiger partial charge in [-0.15, -0.1) is 0 Å². The molecule has 1 aromatic carbocycles. The molecule has 0 aromatic heterocycles. The van der Waals surface area contributed by atoms with Crippen LogP contribution in [0.15, 0.2) is 12.1 Å². The van der Waals surface area contributed by atoms with Crippen molar-refractivity contribution in [2.75, 3.05) is 0 Å². The summed E-state index contributed by atoms with van der Waals surface area (Å²) in [5.74, 6) is -0.980. The van der Waals surface area contributed by atoms with Crippen LogP contribution in [0.4, 0.5) is 10.1 Å². The molecule has 1 rings (SSSR count). The van der Waals surface area contributed by atoms with E-state index in [2.05, 4.69) is 0 Å². The average molecular weight is 232 g/mol. The van der Waals surface area contributed by atoms with Crippen molar-refractivity contribution in [2.45, 2.75) is 13.3 Å². The molecule has 0 radical (unpaired) electrons. The van der Waals surface area contributed by atoms with Crippen LogP contribution in [0.2, 0.25) is 5.02 Å². The molecular formula is C9H7ClFNO3. The quantitative estimate of drug-likeness (QED) is 0.593. The van der Waals surface area contributed by atoms with E-state index in [1.165, 1.54) is 6.92 Å². The van der Waals surface area contributed by atoms with Gasteiger partial charge in [-0.2, -0.15) is 0 Å². The molecule has 0 unspecified atom stereocenters. The van der Waals surface area contributed by atoms with Gasteiger partial charge in [-0.1, -0.05) is 11.6 Å². The summed E-state index contributed by atoms with van der Waals surface area (Å²) in [4.78, 5) is 20.5. The molecule has 15 heavy (non-hydrogen) atoms. The molecule has 0 aliphatic rings. The number of ketones is 1. The zero-order chi connectivity index (χ0) is 11.6. The Labute approximate surface area is 89.8 Å². The molecule has 0 aliphatic carbocycles. The van der Waals surface area contributed by atoms with E-state index in [9.17, 15) is 19.3 Å². The molecule has 0 saturated carbocycles. The maximum Gasteiger partial charge on any atom is 0.288 e. The molecular weight excluding hydrogens is 225 g/mol. The Hall–Kier alpha value is -1.49. The average Bonchev–Trinajstić information content (AvgIpc) is 2.08. The number of carbonyl (C=O) groups is 1. The summed E-state index contributed by atoms with van der Waals surface area (Å²) in [7, 11) is 0. The largest absolute Gasteiger partial charge is 0.300 e. The number of hydrogen-bond donors (Lipinski definition) is 0. The van der Waals surface area contributed by atoms with E-state index in [1.54, 1.807) is 0 Å². The normalized spacial score (nSPS) is 10.1. The molecule has 0 bridgehead atoms. The van der Waals surface area contributed by atoms with Crippen molar-refractivity contribution in [2.24, 2.45) is 0 Å². The Kier molecular flexibility index (Phi) is 3.36. The van der Waals surface area contributed by atoms with Crippen molar-refractivity contribution < 1.29 is 14.1 Å². The first-order valence-electron chi connectivity index (χ1n) is 4.03. The van der Waals surface area contributed by atoms with Gasteiger partial charge in [0.05, 0.1) is 4.92 Å². The third-order valence-electron chi connectivity index (χ3n) is 1.75. The van der Waals surface area contributed by atoms with Crippen molar-refractivity contribution >= 4 is 23.1 Å². The lowest BCUT2D eigenvalue weighted by Gasteiger charge is -2.02. The first-order chi connectivity index (χ1) is 6.91. The molecule has 0 amide bonds. The summed E-state index contributed by atoms with van der Waals surface area (Å²) in [5, 5.41) is 10.2. The Morgan fingerprint density at radius 1 is 1.60 bits per heavy atom.